The van der Waals surface area contributed by atoms with Crippen LogP contribution in [0.5, 0.6) is 0 Å². The Morgan fingerprint density at radius 2 is 1.62 bits per heavy atom. The third-order valence-corrected chi connectivity index (χ3v) is 7.18. The smallest absolute Gasteiger partial charge is 0.223 e. The second-order valence-corrected chi connectivity index (χ2v) is 9.59. The zero-order valence-corrected chi connectivity index (χ0v) is 19.7. The number of amides is 1. The first-order valence-corrected chi connectivity index (χ1v) is 12.2. The van der Waals surface area contributed by atoms with Crippen molar-refractivity contribution < 1.29 is 9.18 Å². The summed E-state index contributed by atoms with van der Waals surface area (Å²) in [4.78, 5) is 15.4. The molecule has 0 spiro atoms. The molecule has 1 unspecified atom stereocenters. The Balaban J connectivity index is 1.53. The Hall–Kier alpha value is -3.40. The zero-order valence-electron chi connectivity index (χ0n) is 19.7. The molecule has 1 atom stereocenters. The van der Waals surface area contributed by atoms with E-state index in [9.17, 15) is 9.18 Å². The molecule has 3 aromatic carbocycles. The molecule has 5 rings (SSSR count). The summed E-state index contributed by atoms with van der Waals surface area (Å²) in [7, 11) is 0. The second kappa shape index (κ2) is 9.84. The molecule has 1 amide bonds. The second-order valence-electron chi connectivity index (χ2n) is 9.59. The van der Waals surface area contributed by atoms with Crippen LogP contribution in [-0.4, -0.2) is 28.5 Å². The Morgan fingerprint density at radius 1 is 0.941 bits per heavy atom. The first-order chi connectivity index (χ1) is 16.6. The van der Waals surface area contributed by atoms with Crippen LogP contribution in [0.2, 0.25) is 0 Å². The van der Waals surface area contributed by atoms with E-state index in [-0.39, 0.29) is 17.6 Å². The van der Waals surface area contributed by atoms with E-state index in [4.69, 9.17) is 0 Å². The highest BCUT2D eigenvalue weighted by molar-refractivity contribution is 5.87. The van der Waals surface area contributed by atoms with Crippen LogP contribution in [0.15, 0.2) is 85.1 Å². The summed E-state index contributed by atoms with van der Waals surface area (Å²) in [5, 5.41) is 1.15. The number of aromatic nitrogens is 1. The Morgan fingerprint density at radius 3 is 2.35 bits per heavy atom. The van der Waals surface area contributed by atoms with Gasteiger partial charge in [0.2, 0.25) is 5.91 Å². The maximum absolute atomic E-state index is 13.8. The number of fused-ring (bicyclic) bond motifs is 1. The minimum Gasteiger partial charge on any atom is -0.343 e. The van der Waals surface area contributed by atoms with Gasteiger partial charge in [-0.15, -0.1) is 0 Å². The summed E-state index contributed by atoms with van der Waals surface area (Å²) in [6, 6.07) is 25.4. The number of likely N-dealkylation sites (tertiary alicyclic amines) is 1. The molecule has 2 heterocycles. The summed E-state index contributed by atoms with van der Waals surface area (Å²) in [6.07, 6.45) is 4.70. The standard InChI is InChI=1S/C30H31FN2O/c1-22-15-17-32(18-16-22)30(34)19-27(24-11-13-25(31)14-12-24)28-21-33(20-23-7-3-2-4-8-23)29-10-6-5-9-26(28)29/h2-14,21-22,27H,15-20H2,1H3. The molecule has 0 bridgehead atoms. The van der Waals surface area contributed by atoms with E-state index in [1.165, 1.54) is 17.7 Å². The van der Waals surface area contributed by atoms with Gasteiger partial charge in [-0.25, -0.2) is 4.39 Å². The van der Waals surface area contributed by atoms with Gasteiger partial charge in [0.05, 0.1) is 0 Å². The normalized spacial score (nSPS) is 15.5. The third kappa shape index (κ3) is 4.77. The molecule has 1 aromatic heterocycles. The molecule has 174 valence electrons. The van der Waals surface area contributed by atoms with E-state index >= 15 is 0 Å². The van der Waals surface area contributed by atoms with Crippen molar-refractivity contribution in [3.8, 4) is 0 Å². The molecule has 1 aliphatic heterocycles. The SMILES string of the molecule is CC1CCN(C(=O)CC(c2ccc(F)cc2)c2cn(Cc3ccccc3)c3ccccc23)CC1. The van der Waals surface area contributed by atoms with E-state index in [2.05, 4.69) is 60.2 Å². The summed E-state index contributed by atoms with van der Waals surface area (Å²) in [6.45, 7) is 4.66. The zero-order chi connectivity index (χ0) is 23.5. The van der Waals surface area contributed by atoms with Crippen LogP contribution < -0.4 is 0 Å². The number of piperidine rings is 1. The predicted octanol–water partition coefficient (Wildman–Crippen LogP) is 6.61. The average molecular weight is 455 g/mol. The van der Waals surface area contributed by atoms with Crippen LogP contribution in [0, 0.1) is 11.7 Å². The predicted molar refractivity (Wildman–Crippen MR) is 135 cm³/mol. The van der Waals surface area contributed by atoms with Crippen LogP contribution in [0.3, 0.4) is 0 Å². The van der Waals surface area contributed by atoms with E-state index in [1.807, 2.05) is 29.2 Å². The fourth-order valence-electron chi connectivity index (χ4n) is 5.13. The minimum absolute atomic E-state index is 0.130. The van der Waals surface area contributed by atoms with Crippen molar-refractivity contribution >= 4 is 16.8 Å². The number of benzene rings is 3. The van der Waals surface area contributed by atoms with Gasteiger partial charge in [-0.3, -0.25) is 4.79 Å². The number of halogens is 1. The molecule has 0 radical (unpaired) electrons. The Bertz CT molecular complexity index is 1250. The lowest BCUT2D eigenvalue weighted by Gasteiger charge is -2.31. The van der Waals surface area contributed by atoms with Gasteiger partial charge in [0.15, 0.2) is 0 Å². The van der Waals surface area contributed by atoms with Crippen LogP contribution in [-0.2, 0) is 11.3 Å². The van der Waals surface area contributed by atoms with Crippen LogP contribution >= 0.6 is 0 Å². The van der Waals surface area contributed by atoms with Crippen molar-refractivity contribution in [3.63, 3.8) is 0 Å². The van der Waals surface area contributed by atoms with Crippen molar-refractivity contribution in [2.45, 2.75) is 38.6 Å². The average Bonchev–Trinajstić information content (AvgIpc) is 3.22. The highest BCUT2D eigenvalue weighted by atomic mass is 19.1. The topological polar surface area (TPSA) is 25.2 Å². The van der Waals surface area contributed by atoms with Gasteiger partial charge in [0, 0.05) is 49.1 Å². The van der Waals surface area contributed by atoms with Crippen molar-refractivity contribution in [1.29, 1.82) is 0 Å². The van der Waals surface area contributed by atoms with Gasteiger partial charge in [-0.1, -0.05) is 67.6 Å². The Labute approximate surface area is 200 Å². The van der Waals surface area contributed by atoms with Gasteiger partial charge in [-0.2, -0.15) is 0 Å². The van der Waals surface area contributed by atoms with Gasteiger partial charge >= 0.3 is 0 Å². The van der Waals surface area contributed by atoms with Crippen LogP contribution in [0.25, 0.3) is 10.9 Å². The first kappa shape index (κ1) is 22.4. The highest BCUT2D eigenvalue weighted by Crippen LogP contribution is 2.36. The molecule has 1 saturated heterocycles. The number of para-hydroxylation sites is 1. The molecular weight excluding hydrogens is 423 g/mol. The maximum Gasteiger partial charge on any atom is 0.223 e. The van der Waals surface area contributed by atoms with Crippen molar-refractivity contribution in [3.05, 3.63) is 108 Å². The maximum atomic E-state index is 13.8. The third-order valence-electron chi connectivity index (χ3n) is 7.18. The van der Waals surface area contributed by atoms with Gasteiger partial charge < -0.3 is 9.47 Å². The van der Waals surface area contributed by atoms with Gasteiger partial charge in [0.1, 0.15) is 5.82 Å². The van der Waals surface area contributed by atoms with Gasteiger partial charge in [0.25, 0.3) is 0 Å². The number of carbonyl (C=O) groups excluding carboxylic acids is 1. The minimum atomic E-state index is -0.259. The largest absolute Gasteiger partial charge is 0.343 e. The summed E-state index contributed by atoms with van der Waals surface area (Å²) in [5.74, 6) is 0.466. The van der Waals surface area contributed by atoms with Gasteiger partial charge in [-0.05, 0) is 53.6 Å². The van der Waals surface area contributed by atoms with E-state index in [0.717, 1.165) is 54.5 Å². The molecular formula is C30H31FN2O. The number of nitrogens with zero attached hydrogens (tertiary/aromatic N) is 2. The van der Waals surface area contributed by atoms with E-state index in [0.29, 0.717) is 12.3 Å². The summed E-state index contributed by atoms with van der Waals surface area (Å²) < 4.78 is 16.0. The molecule has 0 aliphatic carbocycles. The van der Waals surface area contributed by atoms with Crippen molar-refractivity contribution in [2.24, 2.45) is 5.92 Å². The quantitative estimate of drug-likeness (QED) is 0.322. The number of carbonyl (C=O) groups is 1. The molecule has 1 aliphatic rings. The molecule has 3 nitrogen and oxygen atoms in total. The molecule has 0 saturated carbocycles. The number of rotatable bonds is 6. The van der Waals surface area contributed by atoms with Crippen LogP contribution in [0.4, 0.5) is 4.39 Å². The fraction of sp³-hybridized carbons (Fsp3) is 0.300. The highest BCUT2D eigenvalue weighted by Gasteiger charge is 2.27. The molecule has 4 aromatic rings. The van der Waals surface area contributed by atoms with E-state index < -0.39 is 0 Å². The molecule has 34 heavy (non-hydrogen) atoms. The fourth-order valence-corrected chi connectivity index (χ4v) is 5.13. The van der Waals surface area contributed by atoms with Crippen molar-refractivity contribution in [1.82, 2.24) is 9.47 Å². The molecule has 4 heteroatoms. The van der Waals surface area contributed by atoms with Crippen LogP contribution in [0.1, 0.15) is 48.8 Å². The first-order valence-electron chi connectivity index (χ1n) is 12.2. The van der Waals surface area contributed by atoms with E-state index in [1.54, 1.807) is 0 Å². The lowest BCUT2D eigenvalue weighted by molar-refractivity contribution is -0.132. The molecule has 1 fully saturated rings. The summed E-state index contributed by atoms with van der Waals surface area (Å²) in [5.41, 5.74) is 4.47. The lowest BCUT2D eigenvalue weighted by Crippen LogP contribution is -2.38. The molecule has 0 N–H and O–H groups in total. The number of hydrogen-bond acceptors (Lipinski definition) is 1. The van der Waals surface area contributed by atoms with Crippen molar-refractivity contribution in [2.75, 3.05) is 13.1 Å². The summed E-state index contributed by atoms with van der Waals surface area (Å²) >= 11 is 0. The lowest BCUT2D eigenvalue weighted by atomic mass is 9.87. The Kier molecular flexibility index (Phi) is 6.48. The number of hydrogen-bond donors (Lipinski definition) is 0. The monoisotopic (exact) mass is 454 g/mol.